The standard InChI is InChI=1S/C24H29N7O2/c1-3-16-14-33-12-10-31(16)24-28-22-20(23(29-24)30-9-11-32-13-15(30)2)26-21(27-22)18-5-4-6-19-17(18)7-8-25-19/h4-8,15-16,25H,3,9-14H2,1-2H3,(H,26,27,28,29)/t15?,16-/m1/s1. The van der Waals surface area contributed by atoms with Crippen molar-refractivity contribution in [2.75, 3.05) is 49.3 Å². The number of fused-ring (bicyclic) bond motifs is 2. The van der Waals surface area contributed by atoms with Gasteiger partial charge in [-0.2, -0.15) is 9.97 Å². The molecule has 0 radical (unpaired) electrons. The highest BCUT2D eigenvalue weighted by Crippen LogP contribution is 2.33. The summed E-state index contributed by atoms with van der Waals surface area (Å²) in [6.07, 6.45) is 2.94. The maximum atomic E-state index is 5.72. The van der Waals surface area contributed by atoms with Gasteiger partial charge in [0, 0.05) is 35.8 Å². The summed E-state index contributed by atoms with van der Waals surface area (Å²) >= 11 is 0. The first kappa shape index (κ1) is 20.4. The minimum atomic E-state index is 0.219. The lowest BCUT2D eigenvalue weighted by Crippen LogP contribution is -2.47. The minimum absolute atomic E-state index is 0.219. The second kappa shape index (κ2) is 8.31. The fourth-order valence-corrected chi connectivity index (χ4v) is 4.93. The van der Waals surface area contributed by atoms with Gasteiger partial charge in [0.15, 0.2) is 11.5 Å². The lowest BCUT2D eigenvalue weighted by Gasteiger charge is -2.37. The predicted molar refractivity (Wildman–Crippen MR) is 129 cm³/mol. The molecule has 2 saturated heterocycles. The molecule has 0 spiro atoms. The van der Waals surface area contributed by atoms with Crippen LogP contribution in [-0.4, -0.2) is 76.5 Å². The van der Waals surface area contributed by atoms with Gasteiger partial charge in [-0.1, -0.05) is 19.1 Å². The number of anilines is 2. The van der Waals surface area contributed by atoms with Crippen LogP contribution in [0.4, 0.5) is 11.8 Å². The topological polar surface area (TPSA) is 95.2 Å². The maximum absolute atomic E-state index is 5.72. The Kier molecular flexibility index (Phi) is 5.15. The number of nitrogens with one attached hydrogen (secondary N) is 2. The molecule has 0 amide bonds. The molecule has 2 aliphatic heterocycles. The Bertz CT molecular complexity index is 1280. The summed E-state index contributed by atoms with van der Waals surface area (Å²) in [5.74, 6) is 2.43. The number of benzene rings is 1. The summed E-state index contributed by atoms with van der Waals surface area (Å²) in [6.45, 7) is 8.67. The van der Waals surface area contributed by atoms with E-state index in [-0.39, 0.29) is 12.1 Å². The van der Waals surface area contributed by atoms with Gasteiger partial charge >= 0.3 is 0 Å². The Morgan fingerprint density at radius 3 is 2.73 bits per heavy atom. The van der Waals surface area contributed by atoms with Gasteiger partial charge < -0.3 is 29.2 Å². The first-order valence-electron chi connectivity index (χ1n) is 11.8. The van der Waals surface area contributed by atoms with Crippen LogP contribution >= 0.6 is 0 Å². The second-order valence-corrected chi connectivity index (χ2v) is 8.82. The van der Waals surface area contributed by atoms with Crippen molar-refractivity contribution >= 4 is 33.8 Å². The van der Waals surface area contributed by atoms with Crippen molar-refractivity contribution in [3.8, 4) is 11.4 Å². The molecule has 9 heteroatoms. The molecule has 172 valence electrons. The third-order valence-corrected chi connectivity index (χ3v) is 6.77. The zero-order chi connectivity index (χ0) is 22.4. The third-order valence-electron chi connectivity index (χ3n) is 6.77. The first-order valence-corrected chi connectivity index (χ1v) is 11.8. The van der Waals surface area contributed by atoms with Gasteiger partial charge in [0.2, 0.25) is 5.95 Å². The van der Waals surface area contributed by atoms with Crippen LogP contribution in [0, 0.1) is 0 Å². The molecule has 0 bridgehead atoms. The predicted octanol–water partition coefficient (Wildman–Crippen LogP) is 3.34. The van der Waals surface area contributed by atoms with Crippen molar-refractivity contribution in [1.82, 2.24) is 24.9 Å². The highest BCUT2D eigenvalue weighted by Gasteiger charge is 2.29. The van der Waals surface area contributed by atoms with Crippen molar-refractivity contribution < 1.29 is 9.47 Å². The van der Waals surface area contributed by atoms with Crippen molar-refractivity contribution in [1.29, 1.82) is 0 Å². The quantitative estimate of drug-likeness (QED) is 0.495. The molecule has 2 N–H and O–H groups in total. The number of hydrogen-bond donors (Lipinski definition) is 2. The zero-order valence-corrected chi connectivity index (χ0v) is 19.0. The van der Waals surface area contributed by atoms with E-state index in [0.29, 0.717) is 32.1 Å². The summed E-state index contributed by atoms with van der Waals surface area (Å²) in [6, 6.07) is 8.77. The number of morpholine rings is 2. The number of aromatic amines is 2. The number of nitrogens with zero attached hydrogens (tertiary/aromatic N) is 5. The Balaban J connectivity index is 1.53. The summed E-state index contributed by atoms with van der Waals surface area (Å²) < 4.78 is 11.4. The molecule has 5 heterocycles. The van der Waals surface area contributed by atoms with E-state index in [4.69, 9.17) is 24.4 Å². The highest BCUT2D eigenvalue weighted by atomic mass is 16.5. The van der Waals surface area contributed by atoms with E-state index in [1.807, 2.05) is 12.3 Å². The minimum Gasteiger partial charge on any atom is -0.377 e. The van der Waals surface area contributed by atoms with Gasteiger partial charge in [0.1, 0.15) is 11.3 Å². The van der Waals surface area contributed by atoms with Crippen molar-refractivity contribution in [2.45, 2.75) is 32.4 Å². The fraction of sp³-hybridized carbons (Fsp3) is 0.458. The lowest BCUT2D eigenvalue weighted by molar-refractivity contribution is 0.0920. The largest absolute Gasteiger partial charge is 0.377 e. The number of H-pyrrole nitrogens is 2. The molecule has 2 atom stereocenters. The van der Waals surface area contributed by atoms with Gasteiger partial charge in [-0.05, 0) is 25.5 Å². The van der Waals surface area contributed by atoms with E-state index in [0.717, 1.165) is 59.1 Å². The number of rotatable bonds is 4. The van der Waals surface area contributed by atoms with Gasteiger partial charge in [-0.25, -0.2) is 4.98 Å². The summed E-state index contributed by atoms with van der Waals surface area (Å²) in [5, 5.41) is 1.13. The molecule has 0 saturated carbocycles. The van der Waals surface area contributed by atoms with Crippen LogP contribution in [0.15, 0.2) is 30.5 Å². The SMILES string of the molecule is CC[C@@H]1COCCN1c1nc(N2CCOCC2C)c2[nH]c(-c3cccc4[nH]ccc34)nc2n1. The first-order chi connectivity index (χ1) is 16.2. The van der Waals surface area contributed by atoms with Gasteiger partial charge in [-0.3, -0.25) is 0 Å². The van der Waals surface area contributed by atoms with Crippen LogP contribution < -0.4 is 9.80 Å². The molecular weight excluding hydrogens is 418 g/mol. The summed E-state index contributed by atoms with van der Waals surface area (Å²) in [5.41, 5.74) is 3.70. The molecule has 3 aromatic heterocycles. The van der Waals surface area contributed by atoms with Gasteiger partial charge in [-0.15, -0.1) is 0 Å². The highest BCUT2D eigenvalue weighted by molar-refractivity contribution is 5.96. The fourth-order valence-electron chi connectivity index (χ4n) is 4.93. The van der Waals surface area contributed by atoms with Crippen LogP contribution in [0.2, 0.25) is 0 Å². The van der Waals surface area contributed by atoms with E-state index in [9.17, 15) is 0 Å². The number of aromatic nitrogens is 5. The number of ether oxygens (including phenoxy) is 2. The van der Waals surface area contributed by atoms with E-state index in [1.165, 1.54) is 0 Å². The van der Waals surface area contributed by atoms with E-state index >= 15 is 0 Å². The lowest BCUT2D eigenvalue weighted by atomic mass is 10.1. The van der Waals surface area contributed by atoms with Crippen LogP contribution in [0.3, 0.4) is 0 Å². The van der Waals surface area contributed by atoms with Crippen LogP contribution in [0.25, 0.3) is 33.5 Å². The maximum Gasteiger partial charge on any atom is 0.229 e. The van der Waals surface area contributed by atoms with E-state index in [1.54, 1.807) is 0 Å². The van der Waals surface area contributed by atoms with E-state index < -0.39 is 0 Å². The summed E-state index contributed by atoms with van der Waals surface area (Å²) in [7, 11) is 0. The average Bonchev–Trinajstić information content (AvgIpc) is 3.51. The Labute approximate surface area is 192 Å². The average molecular weight is 448 g/mol. The van der Waals surface area contributed by atoms with Crippen molar-refractivity contribution in [3.05, 3.63) is 30.5 Å². The molecule has 2 fully saturated rings. The Hall–Kier alpha value is -3.17. The molecule has 6 rings (SSSR count). The molecule has 33 heavy (non-hydrogen) atoms. The summed E-state index contributed by atoms with van der Waals surface area (Å²) in [4.78, 5) is 26.5. The molecule has 1 aromatic carbocycles. The number of imidazole rings is 1. The van der Waals surface area contributed by atoms with Gasteiger partial charge in [0.05, 0.1) is 38.5 Å². The third kappa shape index (κ3) is 3.52. The smallest absolute Gasteiger partial charge is 0.229 e. The molecule has 9 nitrogen and oxygen atoms in total. The molecule has 4 aromatic rings. The van der Waals surface area contributed by atoms with Crippen molar-refractivity contribution in [2.24, 2.45) is 0 Å². The number of hydrogen-bond acceptors (Lipinski definition) is 7. The Morgan fingerprint density at radius 2 is 1.88 bits per heavy atom. The van der Waals surface area contributed by atoms with Crippen molar-refractivity contribution in [3.63, 3.8) is 0 Å². The van der Waals surface area contributed by atoms with Gasteiger partial charge in [0.25, 0.3) is 0 Å². The molecule has 2 aliphatic rings. The molecule has 0 aliphatic carbocycles. The normalized spacial score (nSPS) is 21.9. The zero-order valence-electron chi connectivity index (χ0n) is 19.0. The molecule has 1 unspecified atom stereocenters. The van der Waals surface area contributed by atoms with Crippen LogP contribution in [0.1, 0.15) is 20.3 Å². The van der Waals surface area contributed by atoms with E-state index in [2.05, 4.69) is 51.8 Å². The second-order valence-electron chi connectivity index (χ2n) is 8.82. The monoisotopic (exact) mass is 447 g/mol. The molecular formula is C24H29N7O2. The van der Waals surface area contributed by atoms with Crippen LogP contribution in [0.5, 0.6) is 0 Å². The Morgan fingerprint density at radius 1 is 1.03 bits per heavy atom. The van der Waals surface area contributed by atoms with Crippen LogP contribution in [-0.2, 0) is 9.47 Å².